The lowest BCUT2D eigenvalue weighted by Gasteiger charge is -2.26. The number of ether oxygens (including phenoxy) is 1. The van der Waals surface area contributed by atoms with Crippen LogP contribution in [0.2, 0.25) is 0 Å². The lowest BCUT2D eigenvalue weighted by Crippen LogP contribution is -2.23. The maximum Gasteiger partial charge on any atom is 0.123 e. The van der Waals surface area contributed by atoms with Gasteiger partial charge in [0.25, 0.3) is 0 Å². The van der Waals surface area contributed by atoms with Crippen LogP contribution in [-0.4, -0.2) is 16.2 Å². The van der Waals surface area contributed by atoms with Gasteiger partial charge in [0.15, 0.2) is 0 Å². The smallest absolute Gasteiger partial charge is 0.123 e. The van der Waals surface area contributed by atoms with Gasteiger partial charge in [0.2, 0.25) is 0 Å². The van der Waals surface area contributed by atoms with Crippen molar-refractivity contribution in [3.63, 3.8) is 0 Å². The monoisotopic (exact) mass is 221 g/mol. The summed E-state index contributed by atoms with van der Waals surface area (Å²) in [7, 11) is 0. The Morgan fingerprint density at radius 1 is 1.38 bits per heavy atom. The van der Waals surface area contributed by atoms with Gasteiger partial charge in [-0.05, 0) is 37.7 Å². The van der Waals surface area contributed by atoms with Crippen LogP contribution in [-0.2, 0) is 6.61 Å². The Kier molecular flexibility index (Phi) is 3.78. The fourth-order valence-corrected chi connectivity index (χ4v) is 2.16. The molecule has 0 saturated heterocycles. The normalized spacial score (nSPS) is 25.4. The summed E-state index contributed by atoms with van der Waals surface area (Å²) in [5, 5.41) is 8.98. The summed E-state index contributed by atoms with van der Waals surface area (Å²) in [5.74, 6) is 1.67. The number of aliphatic hydroxyl groups is 1. The zero-order chi connectivity index (χ0) is 11.4. The molecular formula is C13H19NO2. The highest BCUT2D eigenvalue weighted by Crippen LogP contribution is 2.27. The molecule has 3 heteroatoms. The number of aromatic nitrogens is 1. The maximum absolute atomic E-state index is 8.98. The van der Waals surface area contributed by atoms with Crippen LogP contribution >= 0.6 is 0 Å². The molecule has 0 radical (unpaired) electrons. The fraction of sp³-hybridized carbons (Fsp3) is 0.615. The molecule has 1 heterocycles. The van der Waals surface area contributed by atoms with E-state index in [4.69, 9.17) is 9.84 Å². The third kappa shape index (κ3) is 2.95. The van der Waals surface area contributed by atoms with Crippen LogP contribution < -0.4 is 4.74 Å². The van der Waals surface area contributed by atoms with Gasteiger partial charge in [-0.25, -0.2) is 0 Å². The summed E-state index contributed by atoms with van der Waals surface area (Å²) in [4.78, 5) is 4.03. The van der Waals surface area contributed by atoms with Crippen molar-refractivity contribution in [2.75, 3.05) is 0 Å². The Balaban J connectivity index is 1.93. The second-order valence-electron chi connectivity index (χ2n) is 4.64. The molecule has 0 aromatic carbocycles. The van der Waals surface area contributed by atoms with Crippen LogP contribution in [0.3, 0.4) is 0 Å². The number of hydrogen-bond donors (Lipinski definition) is 1. The van der Waals surface area contributed by atoms with Crippen LogP contribution in [0.1, 0.15) is 38.3 Å². The molecule has 0 amide bonds. The van der Waals surface area contributed by atoms with Crippen molar-refractivity contribution < 1.29 is 9.84 Å². The number of pyridine rings is 1. The van der Waals surface area contributed by atoms with Crippen molar-refractivity contribution in [3.05, 3.63) is 24.0 Å². The summed E-state index contributed by atoms with van der Waals surface area (Å²) in [6.07, 6.45) is 6.80. The van der Waals surface area contributed by atoms with Gasteiger partial charge in [0, 0.05) is 12.3 Å². The molecule has 1 fully saturated rings. The van der Waals surface area contributed by atoms with E-state index in [9.17, 15) is 0 Å². The summed E-state index contributed by atoms with van der Waals surface area (Å²) >= 11 is 0. The molecule has 1 saturated carbocycles. The van der Waals surface area contributed by atoms with E-state index in [1.807, 2.05) is 12.1 Å². The first-order valence-electron chi connectivity index (χ1n) is 6.00. The second kappa shape index (κ2) is 5.30. The summed E-state index contributed by atoms with van der Waals surface area (Å²) < 4.78 is 5.90. The van der Waals surface area contributed by atoms with E-state index in [1.165, 1.54) is 12.8 Å². The van der Waals surface area contributed by atoms with Crippen LogP contribution in [0.4, 0.5) is 0 Å². The first kappa shape index (κ1) is 11.4. The molecule has 2 rings (SSSR count). The highest BCUT2D eigenvalue weighted by Gasteiger charge is 2.19. The molecule has 1 aliphatic rings. The topological polar surface area (TPSA) is 42.4 Å². The highest BCUT2D eigenvalue weighted by atomic mass is 16.5. The first-order valence-corrected chi connectivity index (χ1v) is 6.00. The van der Waals surface area contributed by atoms with Crippen LogP contribution in [0.25, 0.3) is 0 Å². The van der Waals surface area contributed by atoms with Crippen molar-refractivity contribution in [1.29, 1.82) is 0 Å². The molecule has 1 aromatic heterocycles. The van der Waals surface area contributed by atoms with Gasteiger partial charge in [-0.1, -0.05) is 6.92 Å². The minimum absolute atomic E-state index is 0.0289. The Bertz CT molecular complexity index is 332. The SMILES string of the molecule is CC1CCC(Oc2ccnc(CO)c2)CC1. The first-order chi connectivity index (χ1) is 7.78. The van der Waals surface area contributed by atoms with E-state index in [1.54, 1.807) is 6.20 Å². The molecule has 0 atom stereocenters. The third-order valence-electron chi connectivity index (χ3n) is 3.22. The number of aliphatic hydroxyl groups excluding tert-OH is 1. The minimum Gasteiger partial charge on any atom is -0.490 e. The molecule has 1 N–H and O–H groups in total. The molecule has 16 heavy (non-hydrogen) atoms. The van der Waals surface area contributed by atoms with Crippen LogP contribution in [0.5, 0.6) is 5.75 Å². The largest absolute Gasteiger partial charge is 0.490 e. The lowest BCUT2D eigenvalue weighted by atomic mass is 9.89. The molecule has 1 aliphatic carbocycles. The summed E-state index contributed by atoms with van der Waals surface area (Å²) in [6.45, 7) is 2.27. The summed E-state index contributed by atoms with van der Waals surface area (Å²) in [5.41, 5.74) is 0.668. The molecule has 88 valence electrons. The van der Waals surface area contributed by atoms with Gasteiger partial charge in [0.1, 0.15) is 5.75 Å². The Labute approximate surface area is 96.5 Å². The fourth-order valence-electron chi connectivity index (χ4n) is 2.16. The highest BCUT2D eigenvalue weighted by molar-refractivity contribution is 5.22. The number of rotatable bonds is 3. The molecule has 0 spiro atoms. The predicted octanol–water partition coefficient (Wildman–Crippen LogP) is 2.53. The van der Waals surface area contributed by atoms with E-state index in [-0.39, 0.29) is 6.61 Å². The average molecular weight is 221 g/mol. The Morgan fingerprint density at radius 2 is 2.12 bits per heavy atom. The van der Waals surface area contributed by atoms with Crippen LogP contribution in [0.15, 0.2) is 18.3 Å². The quantitative estimate of drug-likeness (QED) is 0.852. The van der Waals surface area contributed by atoms with Crippen LogP contribution in [0, 0.1) is 5.92 Å². The van der Waals surface area contributed by atoms with Crippen molar-refractivity contribution in [2.45, 2.75) is 45.3 Å². The predicted molar refractivity (Wildman–Crippen MR) is 62.2 cm³/mol. The minimum atomic E-state index is -0.0289. The number of hydrogen-bond acceptors (Lipinski definition) is 3. The average Bonchev–Trinajstić information content (AvgIpc) is 2.32. The van der Waals surface area contributed by atoms with Gasteiger partial charge in [0.05, 0.1) is 18.4 Å². The molecule has 0 bridgehead atoms. The maximum atomic E-state index is 8.98. The lowest BCUT2D eigenvalue weighted by molar-refractivity contribution is 0.135. The molecule has 0 unspecified atom stereocenters. The van der Waals surface area contributed by atoms with Gasteiger partial charge in [-0.2, -0.15) is 0 Å². The van der Waals surface area contributed by atoms with Crippen molar-refractivity contribution in [2.24, 2.45) is 5.92 Å². The van der Waals surface area contributed by atoms with E-state index < -0.39 is 0 Å². The van der Waals surface area contributed by atoms with Gasteiger partial charge >= 0.3 is 0 Å². The zero-order valence-electron chi connectivity index (χ0n) is 9.72. The van der Waals surface area contributed by atoms with E-state index in [0.717, 1.165) is 24.5 Å². The second-order valence-corrected chi connectivity index (χ2v) is 4.64. The van der Waals surface area contributed by atoms with E-state index in [2.05, 4.69) is 11.9 Å². The molecular weight excluding hydrogens is 202 g/mol. The third-order valence-corrected chi connectivity index (χ3v) is 3.22. The molecule has 3 nitrogen and oxygen atoms in total. The number of nitrogens with zero attached hydrogens (tertiary/aromatic N) is 1. The van der Waals surface area contributed by atoms with Crippen molar-refractivity contribution in [1.82, 2.24) is 4.98 Å². The van der Waals surface area contributed by atoms with Gasteiger partial charge < -0.3 is 9.84 Å². The standard InChI is InChI=1S/C13H19NO2/c1-10-2-4-12(5-3-10)16-13-6-7-14-11(8-13)9-15/h6-8,10,12,15H,2-5,9H2,1H3. The van der Waals surface area contributed by atoms with Gasteiger partial charge in [-0.15, -0.1) is 0 Å². The van der Waals surface area contributed by atoms with E-state index >= 15 is 0 Å². The molecule has 0 aliphatic heterocycles. The van der Waals surface area contributed by atoms with Crippen molar-refractivity contribution in [3.8, 4) is 5.75 Å². The zero-order valence-corrected chi connectivity index (χ0v) is 9.72. The summed E-state index contributed by atoms with van der Waals surface area (Å²) in [6, 6.07) is 3.68. The van der Waals surface area contributed by atoms with Gasteiger partial charge in [-0.3, -0.25) is 4.98 Å². The van der Waals surface area contributed by atoms with E-state index in [0.29, 0.717) is 11.8 Å². The molecule has 1 aromatic rings. The Hall–Kier alpha value is -1.09. The Morgan fingerprint density at radius 3 is 2.81 bits per heavy atom. The van der Waals surface area contributed by atoms with Crippen molar-refractivity contribution >= 4 is 0 Å².